The molecule has 4 aromatic rings. The zero-order valence-electron chi connectivity index (χ0n) is 24.3. The number of nitrogens with zero attached hydrogens (tertiary/aromatic N) is 3. The highest BCUT2D eigenvalue weighted by atomic mass is 32.2. The van der Waals surface area contributed by atoms with E-state index in [1.807, 2.05) is 54.6 Å². The van der Waals surface area contributed by atoms with Crippen molar-refractivity contribution >= 4 is 27.0 Å². The number of aryl methyl sites for hydroxylation is 1. The zero-order valence-corrected chi connectivity index (χ0v) is 25.9. The molecule has 3 aromatic carbocycles. The fourth-order valence-corrected chi connectivity index (χ4v) is 7.61. The normalized spacial score (nSPS) is 14.9. The number of benzene rings is 3. The maximum Gasteiger partial charge on any atom is 0.243 e. The Bertz CT molecular complexity index is 1650. The van der Waals surface area contributed by atoms with Gasteiger partial charge in [0, 0.05) is 25.0 Å². The second-order valence-electron chi connectivity index (χ2n) is 10.1. The van der Waals surface area contributed by atoms with Gasteiger partial charge >= 0.3 is 0 Å². The molecule has 0 atom stereocenters. The first-order valence-electron chi connectivity index (χ1n) is 14.1. The summed E-state index contributed by atoms with van der Waals surface area (Å²) in [7, 11) is 1.39. The van der Waals surface area contributed by atoms with E-state index in [9.17, 15) is 8.42 Å². The number of thiazole rings is 1. The van der Waals surface area contributed by atoms with Crippen LogP contribution in [-0.4, -0.2) is 51.7 Å². The summed E-state index contributed by atoms with van der Waals surface area (Å²) in [4.78, 5) is 6.12. The topological polar surface area (TPSA) is 82.4 Å². The molecule has 0 amide bonds. The van der Waals surface area contributed by atoms with Crippen LogP contribution in [0.15, 0.2) is 82.0 Å². The molecule has 1 aliphatic heterocycles. The largest absolute Gasteiger partial charge is 0.497 e. The fourth-order valence-electron chi connectivity index (χ4n) is 5.14. The summed E-state index contributed by atoms with van der Waals surface area (Å²) in [6.07, 6.45) is 4.72. The summed E-state index contributed by atoms with van der Waals surface area (Å²) in [5, 5.41) is 2.08. The lowest BCUT2D eigenvalue weighted by molar-refractivity contribution is 0.354. The van der Waals surface area contributed by atoms with Crippen molar-refractivity contribution in [3.05, 3.63) is 82.5 Å². The van der Waals surface area contributed by atoms with E-state index >= 15 is 0 Å². The molecule has 0 saturated carbocycles. The quantitative estimate of drug-likeness (QED) is 0.212. The molecule has 10 heteroatoms. The van der Waals surface area contributed by atoms with Crippen molar-refractivity contribution in [2.24, 2.45) is 4.99 Å². The first-order chi connectivity index (χ1) is 20.4. The van der Waals surface area contributed by atoms with Crippen molar-refractivity contribution in [3.63, 3.8) is 0 Å². The summed E-state index contributed by atoms with van der Waals surface area (Å²) in [5.41, 5.74) is 3.84. The van der Waals surface area contributed by atoms with E-state index in [4.69, 9.17) is 19.2 Å². The highest BCUT2D eigenvalue weighted by Crippen LogP contribution is 2.29. The summed E-state index contributed by atoms with van der Waals surface area (Å²) in [5.74, 6) is 2.16. The monoisotopic (exact) mass is 607 g/mol. The third-order valence-corrected chi connectivity index (χ3v) is 10.3. The van der Waals surface area contributed by atoms with Crippen molar-refractivity contribution in [3.8, 4) is 28.5 Å². The number of rotatable bonds is 10. The van der Waals surface area contributed by atoms with Crippen LogP contribution in [0.2, 0.25) is 0 Å². The molecule has 8 nitrogen and oxygen atoms in total. The second kappa shape index (κ2) is 13.6. The predicted octanol–water partition coefficient (Wildman–Crippen LogP) is 6.28. The molecule has 2 heterocycles. The molecule has 5 rings (SSSR count). The molecular formula is C32H37N3O5S2. The van der Waals surface area contributed by atoms with Crippen LogP contribution < -0.4 is 19.0 Å². The number of aromatic nitrogens is 1. The molecule has 42 heavy (non-hydrogen) atoms. The zero-order chi connectivity index (χ0) is 29.5. The molecule has 1 aliphatic rings. The van der Waals surface area contributed by atoms with E-state index in [1.165, 1.54) is 0 Å². The number of methoxy groups -OCH3 is 3. The van der Waals surface area contributed by atoms with Gasteiger partial charge in [-0.05, 0) is 78.9 Å². The minimum Gasteiger partial charge on any atom is -0.497 e. The van der Waals surface area contributed by atoms with E-state index in [0.717, 1.165) is 65.2 Å². The van der Waals surface area contributed by atoms with Gasteiger partial charge in [-0.25, -0.2) is 13.4 Å². The van der Waals surface area contributed by atoms with Gasteiger partial charge in [-0.15, -0.1) is 11.3 Å². The van der Waals surface area contributed by atoms with Crippen LogP contribution in [-0.2, 0) is 23.0 Å². The smallest absolute Gasteiger partial charge is 0.243 e. The van der Waals surface area contributed by atoms with Crippen molar-refractivity contribution in [1.29, 1.82) is 0 Å². The van der Waals surface area contributed by atoms with Gasteiger partial charge in [-0.1, -0.05) is 31.0 Å². The second-order valence-corrected chi connectivity index (χ2v) is 12.9. The highest BCUT2D eigenvalue weighted by molar-refractivity contribution is 7.89. The maximum absolute atomic E-state index is 13.3. The van der Waals surface area contributed by atoms with Crippen LogP contribution in [0.5, 0.6) is 17.2 Å². The number of hydrogen-bond donors (Lipinski definition) is 0. The van der Waals surface area contributed by atoms with E-state index in [2.05, 4.69) is 9.95 Å². The third-order valence-electron chi connectivity index (χ3n) is 7.52. The number of hydrogen-bond acceptors (Lipinski definition) is 7. The minimum atomic E-state index is -3.52. The Balaban J connectivity index is 1.48. The molecule has 1 fully saturated rings. The van der Waals surface area contributed by atoms with Crippen molar-refractivity contribution < 1.29 is 22.6 Å². The van der Waals surface area contributed by atoms with Crippen LogP contribution >= 0.6 is 11.3 Å². The van der Waals surface area contributed by atoms with Gasteiger partial charge < -0.3 is 18.8 Å². The Kier molecular flexibility index (Phi) is 9.66. The molecule has 0 bridgehead atoms. The Hall–Kier alpha value is -3.60. The van der Waals surface area contributed by atoms with E-state index in [0.29, 0.717) is 36.0 Å². The Morgan fingerprint density at radius 1 is 0.810 bits per heavy atom. The van der Waals surface area contributed by atoms with Gasteiger partial charge in [0.25, 0.3) is 0 Å². The van der Waals surface area contributed by atoms with Crippen molar-refractivity contribution in [2.75, 3.05) is 34.4 Å². The predicted molar refractivity (Wildman–Crippen MR) is 166 cm³/mol. The average Bonchev–Trinajstić information content (AvgIpc) is 3.21. The van der Waals surface area contributed by atoms with Gasteiger partial charge in [0.05, 0.1) is 37.6 Å². The van der Waals surface area contributed by atoms with Crippen LogP contribution in [0.25, 0.3) is 11.3 Å². The van der Waals surface area contributed by atoms with Crippen LogP contribution in [0.1, 0.15) is 31.2 Å². The Labute approximate surface area is 251 Å². The SMILES string of the molecule is COc1ccc(N=c2scc(-c3ccc(S(=O)(=O)N4CCCCCC4)cc3)n2CCc2ccc(OC)c(OC)c2)cc1. The Morgan fingerprint density at radius 2 is 1.50 bits per heavy atom. The lowest BCUT2D eigenvalue weighted by atomic mass is 10.1. The Morgan fingerprint density at radius 3 is 2.14 bits per heavy atom. The van der Waals surface area contributed by atoms with Crippen molar-refractivity contribution in [2.45, 2.75) is 43.5 Å². The summed E-state index contributed by atoms with van der Waals surface area (Å²) < 4.78 is 46.7. The van der Waals surface area contributed by atoms with Gasteiger partial charge in [0.1, 0.15) is 5.75 Å². The molecule has 222 valence electrons. The molecule has 1 aromatic heterocycles. The van der Waals surface area contributed by atoms with Gasteiger partial charge in [-0.3, -0.25) is 0 Å². The van der Waals surface area contributed by atoms with Gasteiger partial charge in [-0.2, -0.15) is 4.31 Å². The van der Waals surface area contributed by atoms with Crippen LogP contribution in [0.3, 0.4) is 0 Å². The van der Waals surface area contributed by atoms with Gasteiger partial charge in [0.15, 0.2) is 16.3 Å². The minimum absolute atomic E-state index is 0.336. The summed E-state index contributed by atoms with van der Waals surface area (Å²) in [6.45, 7) is 1.83. The summed E-state index contributed by atoms with van der Waals surface area (Å²) >= 11 is 1.55. The van der Waals surface area contributed by atoms with E-state index in [-0.39, 0.29) is 0 Å². The molecule has 1 saturated heterocycles. The lowest BCUT2D eigenvalue weighted by Gasteiger charge is -2.20. The van der Waals surface area contributed by atoms with Gasteiger partial charge in [0.2, 0.25) is 10.0 Å². The first kappa shape index (κ1) is 29.9. The van der Waals surface area contributed by atoms with Crippen LogP contribution in [0.4, 0.5) is 5.69 Å². The highest BCUT2D eigenvalue weighted by Gasteiger charge is 2.25. The average molecular weight is 608 g/mol. The third kappa shape index (κ3) is 6.72. The van der Waals surface area contributed by atoms with E-state index in [1.54, 1.807) is 49.1 Å². The van der Waals surface area contributed by atoms with Crippen LogP contribution in [0, 0.1) is 0 Å². The summed E-state index contributed by atoms with van der Waals surface area (Å²) in [6, 6.07) is 20.9. The maximum atomic E-state index is 13.3. The van der Waals surface area contributed by atoms with Crippen molar-refractivity contribution in [1.82, 2.24) is 8.87 Å². The molecule has 0 spiro atoms. The molecule has 0 aliphatic carbocycles. The first-order valence-corrected chi connectivity index (χ1v) is 16.4. The standard InChI is InChI=1S/C32H37N3O5S2/c1-38-27-13-11-26(12-14-27)33-32-35(21-18-24-8-17-30(39-2)31(22-24)40-3)29(23-41-32)25-9-15-28(16-10-25)42(36,37)34-19-6-4-5-7-20-34/h8-17,22-23H,4-7,18-21H2,1-3H3. The molecular weight excluding hydrogens is 571 g/mol. The lowest BCUT2D eigenvalue weighted by Crippen LogP contribution is -2.31. The molecule has 0 radical (unpaired) electrons. The fraction of sp³-hybridized carbons (Fsp3) is 0.344. The van der Waals surface area contributed by atoms with E-state index < -0.39 is 10.0 Å². The number of ether oxygens (including phenoxy) is 3. The molecule has 0 unspecified atom stereocenters. The molecule has 0 N–H and O–H groups in total. The number of sulfonamides is 1.